The fourth-order valence-electron chi connectivity index (χ4n) is 1.24. The first kappa shape index (κ1) is 16.7. The van der Waals surface area contributed by atoms with Gasteiger partial charge in [0.2, 0.25) is 0 Å². The molecule has 0 aliphatic rings. The summed E-state index contributed by atoms with van der Waals surface area (Å²) in [5, 5.41) is 3.13. The van der Waals surface area contributed by atoms with Crippen LogP contribution in [0.5, 0.6) is 0 Å². The molecule has 0 unspecified atom stereocenters. The summed E-state index contributed by atoms with van der Waals surface area (Å²) in [6, 6.07) is 0. The molecule has 0 aliphatic heterocycles. The molecule has 0 rings (SSSR count). The third-order valence-electron chi connectivity index (χ3n) is 2.85. The molecule has 0 atom stereocenters. The highest BCUT2D eigenvalue weighted by Gasteiger charge is 2.28. The van der Waals surface area contributed by atoms with Crippen LogP contribution in [0.25, 0.3) is 0 Å². The van der Waals surface area contributed by atoms with Gasteiger partial charge in [0.25, 0.3) is 5.92 Å². The maximum Gasteiger partial charge on any atom is 0.251 e. The zero-order chi connectivity index (χ0) is 13.4. The van der Waals surface area contributed by atoms with Gasteiger partial charge in [-0.2, -0.15) is 0 Å². The fraction of sp³-hybridized carbons (Fsp3) is 1.00. The van der Waals surface area contributed by atoms with Crippen molar-refractivity contribution < 1.29 is 13.5 Å². The van der Waals surface area contributed by atoms with Crippen molar-refractivity contribution in [1.29, 1.82) is 0 Å². The van der Waals surface area contributed by atoms with E-state index in [-0.39, 0.29) is 25.0 Å². The Labute approximate surface area is 103 Å². The average Bonchev–Trinajstić information content (AvgIpc) is 2.24. The normalized spacial score (nSPS) is 13.1. The maximum atomic E-state index is 13.4. The number of rotatable bonds is 10. The van der Waals surface area contributed by atoms with Crippen LogP contribution < -0.4 is 11.1 Å². The number of hydrogen-bond donors (Lipinski definition) is 2. The second kappa shape index (κ2) is 7.95. The van der Waals surface area contributed by atoms with Gasteiger partial charge in [-0.05, 0) is 20.3 Å². The Bertz CT molecular complexity index is 199. The van der Waals surface area contributed by atoms with E-state index in [0.717, 1.165) is 6.42 Å². The molecule has 0 amide bonds. The van der Waals surface area contributed by atoms with E-state index >= 15 is 0 Å². The number of hydrogen-bond acceptors (Lipinski definition) is 3. The Morgan fingerprint density at radius 3 is 2.35 bits per heavy atom. The van der Waals surface area contributed by atoms with Crippen molar-refractivity contribution in [2.75, 3.05) is 26.3 Å². The lowest BCUT2D eigenvalue weighted by Gasteiger charge is -2.26. The summed E-state index contributed by atoms with van der Waals surface area (Å²) >= 11 is 0. The summed E-state index contributed by atoms with van der Waals surface area (Å²) in [4.78, 5) is 0. The number of ether oxygens (including phenoxy) is 1. The molecule has 3 N–H and O–H groups in total. The highest BCUT2D eigenvalue weighted by molar-refractivity contribution is 4.77. The molecule has 0 saturated heterocycles. The number of halogens is 2. The van der Waals surface area contributed by atoms with E-state index in [9.17, 15) is 8.78 Å². The predicted molar refractivity (Wildman–Crippen MR) is 66.4 cm³/mol. The summed E-state index contributed by atoms with van der Waals surface area (Å²) in [6.45, 7) is 7.16. The van der Waals surface area contributed by atoms with Crippen LogP contribution in [0.4, 0.5) is 8.78 Å². The summed E-state index contributed by atoms with van der Waals surface area (Å²) < 4.78 is 31.7. The van der Waals surface area contributed by atoms with Crippen molar-refractivity contribution in [2.24, 2.45) is 5.73 Å². The zero-order valence-corrected chi connectivity index (χ0v) is 11.2. The van der Waals surface area contributed by atoms with Gasteiger partial charge < -0.3 is 15.8 Å². The monoisotopic (exact) mass is 252 g/mol. The van der Waals surface area contributed by atoms with Gasteiger partial charge in [-0.15, -0.1) is 0 Å². The third kappa shape index (κ3) is 9.44. The number of nitrogens with two attached hydrogens (primary N) is 1. The number of alkyl halides is 2. The van der Waals surface area contributed by atoms with E-state index in [1.165, 1.54) is 0 Å². The molecule has 17 heavy (non-hydrogen) atoms. The first-order valence-electron chi connectivity index (χ1n) is 6.23. The SMILES string of the molecule is CCC(C)(C)NCCC(F)(F)CCOCCN. The van der Waals surface area contributed by atoms with Gasteiger partial charge in [-0.25, -0.2) is 8.78 Å². The molecular weight excluding hydrogens is 226 g/mol. The van der Waals surface area contributed by atoms with Gasteiger partial charge >= 0.3 is 0 Å². The van der Waals surface area contributed by atoms with Crippen molar-refractivity contribution in [3.63, 3.8) is 0 Å². The topological polar surface area (TPSA) is 47.3 Å². The van der Waals surface area contributed by atoms with Gasteiger partial charge in [0, 0.05) is 31.5 Å². The third-order valence-corrected chi connectivity index (χ3v) is 2.85. The highest BCUT2D eigenvalue weighted by Crippen LogP contribution is 2.22. The van der Waals surface area contributed by atoms with E-state index < -0.39 is 5.92 Å². The lowest BCUT2D eigenvalue weighted by molar-refractivity contribution is -0.0394. The van der Waals surface area contributed by atoms with E-state index in [2.05, 4.69) is 5.32 Å². The van der Waals surface area contributed by atoms with E-state index in [0.29, 0.717) is 19.7 Å². The maximum absolute atomic E-state index is 13.4. The van der Waals surface area contributed by atoms with Crippen LogP contribution in [0.2, 0.25) is 0 Å². The van der Waals surface area contributed by atoms with Crippen LogP contribution in [-0.2, 0) is 4.74 Å². The minimum atomic E-state index is -2.66. The zero-order valence-electron chi connectivity index (χ0n) is 11.2. The Morgan fingerprint density at radius 1 is 1.18 bits per heavy atom. The van der Waals surface area contributed by atoms with E-state index in [1.54, 1.807) is 0 Å². The van der Waals surface area contributed by atoms with Crippen LogP contribution >= 0.6 is 0 Å². The predicted octanol–water partition coefficient (Wildman–Crippen LogP) is 2.16. The van der Waals surface area contributed by atoms with Crippen molar-refractivity contribution in [3.8, 4) is 0 Å². The molecule has 0 aromatic heterocycles. The minimum absolute atomic E-state index is 0.0708. The van der Waals surface area contributed by atoms with Crippen LogP contribution in [-0.4, -0.2) is 37.8 Å². The smallest absolute Gasteiger partial charge is 0.251 e. The average molecular weight is 252 g/mol. The molecule has 0 aromatic carbocycles. The van der Waals surface area contributed by atoms with Gasteiger partial charge in [0.05, 0.1) is 13.2 Å². The lowest BCUT2D eigenvalue weighted by Crippen LogP contribution is -2.40. The standard InChI is InChI=1S/C12H26F2N2O/c1-4-11(2,3)16-8-5-12(13,14)6-9-17-10-7-15/h16H,4-10,15H2,1-3H3. The second-order valence-corrected chi connectivity index (χ2v) is 4.92. The Kier molecular flexibility index (Phi) is 7.83. The molecular formula is C12H26F2N2O. The highest BCUT2D eigenvalue weighted by atomic mass is 19.3. The van der Waals surface area contributed by atoms with Crippen LogP contribution in [0, 0.1) is 0 Å². The Balaban J connectivity index is 3.70. The van der Waals surface area contributed by atoms with Crippen LogP contribution in [0.1, 0.15) is 40.0 Å². The molecule has 3 nitrogen and oxygen atoms in total. The fourth-order valence-corrected chi connectivity index (χ4v) is 1.24. The van der Waals surface area contributed by atoms with E-state index in [4.69, 9.17) is 10.5 Å². The molecule has 0 fully saturated rings. The molecule has 0 heterocycles. The van der Waals surface area contributed by atoms with Gasteiger partial charge in [0.1, 0.15) is 0 Å². The molecule has 0 aromatic rings. The van der Waals surface area contributed by atoms with Crippen LogP contribution in [0.3, 0.4) is 0 Å². The minimum Gasteiger partial charge on any atom is -0.380 e. The van der Waals surface area contributed by atoms with Crippen molar-refractivity contribution >= 4 is 0 Å². The van der Waals surface area contributed by atoms with E-state index in [1.807, 2.05) is 20.8 Å². The van der Waals surface area contributed by atoms with Crippen molar-refractivity contribution in [2.45, 2.75) is 51.5 Å². The Morgan fingerprint density at radius 2 is 1.82 bits per heavy atom. The summed E-state index contributed by atoms with van der Waals surface area (Å²) in [7, 11) is 0. The summed E-state index contributed by atoms with van der Waals surface area (Å²) in [5.41, 5.74) is 5.12. The quantitative estimate of drug-likeness (QED) is 0.586. The van der Waals surface area contributed by atoms with Crippen LogP contribution in [0.15, 0.2) is 0 Å². The first-order chi connectivity index (χ1) is 7.83. The Hall–Kier alpha value is -0.260. The van der Waals surface area contributed by atoms with Crippen molar-refractivity contribution in [3.05, 3.63) is 0 Å². The number of nitrogens with one attached hydrogen (secondary N) is 1. The molecule has 5 heteroatoms. The van der Waals surface area contributed by atoms with Crippen molar-refractivity contribution in [1.82, 2.24) is 5.32 Å². The molecule has 0 saturated carbocycles. The van der Waals surface area contributed by atoms with Gasteiger partial charge in [-0.3, -0.25) is 0 Å². The second-order valence-electron chi connectivity index (χ2n) is 4.92. The van der Waals surface area contributed by atoms with Gasteiger partial charge in [-0.1, -0.05) is 6.92 Å². The van der Waals surface area contributed by atoms with Gasteiger partial charge in [0.15, 0.2) is 0 Å². The molecule has 0 bridgehead atoms. The first-order valence-corrected chi connectivity index (χ1v) is 6.23. The summed E-state index contributed by atoms with van der Waals surface area (Å²) in [6.07, 6.45) is 0.530. The molecule has 0 radical (unpaired) electrons. The molecule has 104 valence electrons. The molecule has 0 aliphatic carbocycles. The summed E-state index contributed by atoms with van der Waals surface area (Å²) in [5.74, 6) is -2.66. The molecule has 0 spiro atoms. The lowest BCUT2D eigenvalue weighted by atomic mass is 10.0. The largest absolute Gasteiger partial charge is 0.380 e.